The van der Waals surface area contributed by atoms with Crippen molar-refractivity contribution in [2.24, 2.45) is 0 Å². The van der Waals surface area contributed by atoms with Gasteiger partial charge in [0, 0.05) is 68.2 Å². The highest BCUT2D eigenvalue weighted by Gasteiger charge is 2.17. The van der Waals surface area contributed by atoms with Gasteiger partial charge in [0.05, 0.1) is 0 Å². The van der Waals surface area contributed by atoms with Crippen LogP contribution in [-0.2, 0) is 6.42 Å². The normalized spacial score (nSPS) is 15.2. The van der Waals surface area contributed by atoms with Crippen LogP contribution in [-0.4, -0.2) is 63.8 Å². The van der Waals surface area contributed by atoms with Gasteiger partial charge in [-0.3, -0.25) is 4.90 Å². The number of fused-ring (bicyclic) bond motifs is 1. The quantitative estimate of drug-likeness (QED) is 0.641. The van der Waals surface area contributed by atoms with E-state index in [-0.39, 0.29) is 0 Å². The average Bonchev–Trinajstić information content (AvgIpc) is 3.11. The van der Waals surface area contributed by atoms with E-state index >= 15 is 0 Å². The minimum atomic E-state index is 0.672. The number of hydrogen-bond acceptors (Lipinski definition) is 6. The van der Waals surface area contributed by atoms with Gasteiger partial charge in [-0.1, -0.05) is 24.6 Å². The summed E-state index contributed by atoms with van der Waals surface area (Å²) in [7, 11) is 0. The molecule has 0 unspecified atom stereocenters. The molecular weight excluding hydrogens is 386 g/mol. The van der Waals surface area contributed by atoms with Gasteiger partial charge in [0.25, 0.3) is 5.78 Å². The van der Waals surface area contributed by atoms with Crippen molar-refractivity contribution in [1.29, 1.82) is 0 Å². The fourth-order valence-electron chi connectivity index (χ4n) is 3.73. The van der Waals surface area contributed by atoms with Crippen LogP contribution in [0, 0.1) is 6.92 Å². The van der Waals surface area contributed by atoms with Gasteiger partial charge in [0.1, 0.15) is 5.82 Å². The van der Waals surface area contributed by atoms with Crippen molar-refractivity contribution in [3.05, 3.63) is 46.9 Å². The molecule has 29 heavy (non-hydrogen) atoms. The molecule has 0 atom stereocenters. The Morgan fingerprint density at radius 2 is 1.93 bits per heavy atom. The topological polar surface area (TPSA) is 61.6 Å². The number of halogens is 1. The van der Waals surface area contributed by atoms with Crippen LogP contribution in [0.25, 0.3) is 5.78 Å². The molecule has 8 heteroatoms. The maximum absolute atomic E-state index is 6.13. The summed E-state index contributed by atoms with van der Waals surface area (Å²) < 4.78 is 1.83. The summed E-state index contributed by atoms with van der Waals surface area (Å²) in [6, 6.07) is 10.1. The monoisotopic (exact) mass is 413 g/mol. The molecule has 4 rings (SSSR count). The second-order valence-electron chi connectivity index (χ2n) is 7.51. The lowest BCUT2D eigenvalue weighted by Crippen LogP contribution is -2.47. The molecule has 2 aromatic heterocycles. The molecule has 1 aliphatic rings. The molecule has 154 valence electrons. The Balaban J connectivity index is 1.32. The number of benzene rings is 1. The molecular formula is C21H28ClN7. The highest BCUT2D eigenvalue weighted by molar-refractivity contribution is 6.30. The Morgan fingerprint density at radius 3 is 2.69 bits per heavy atom. The molecule has 0 radical (unpaired) electrons. The minimum Gasteiger partial charge on any atom is -0.369 e. The van der Waals surface area contributed by atoms with E-state index in [1.807, 2.05) is 35.7 Å². The third kappa shape index (κ3) is 4.79. The van der Waals surface area contributed by atoms with Crippen LogP contribution in [0.15, 0.2) is 30.3 Å². The van der Waals surface area contributed by atoms with E-state index in [4.69, 9.17) is 11.6 Å². The summed E-state index contributed by atoms with van der Waals surface area (Å²) in [6.45, 7) is 10.1. The minimum absolute atomic E-state index is 0.672. The lowest BCUT2D eigenvalue weighted by atomic mass is 10.2. The van der Waals surface area contributed by atoms with Gasteiger partial charge in [0.15, 0.2) is 5.82 Å². The summed E-state index contributed by atoms with van der Waals surface area (Å²) in [5.41, 5.74) is 2.16. The Bertz CT molecular complexity index is 963. The summed E-state index contributed by atoms with van der Waals surface area (Å²) in [6.07, 6.45) is 1.90. The maximum atomic E-state index is 6.13. The first-order valence-corrected chi connectivity index (χ1v) is 10.7. The van der Waals surface area contributed by atoms with Crippen LogP contribution in [0.5, 0.6) is 0 Å². The van der Waals surface area contributed by atoms with Crippen LogP contribution in [0.3, 0.4) is 0 Å². The number of nitrogens with zero attached hydrogens (tertiary/aromatic N) is 6. The SMILES string of the molecule is CCCc1nc2nc(C)cc(NCCN3CCN(c4cccc(Cl)c4)CC3)n2n1. The number of aryl methyl sites for hydroxylation is 2. The summed E-state index contributed by atoms with van der Waals surface area (Å²) in [4.78, 5) is 13.9. The Morgan fingerprint density at radius 1 is 1.10 bits per heavy atom. The van der Waals surface area contributed by atoms with E-state index in [1.54, 1.807) is 0 Å². The van der Waals surface area contributed by atoms with Gasteiger partial charge in [0.2, 0.25) is 0 Å². The molecule has 1 fully saturated rings. The van der Waals surface area contributed by atoms with Gasteiger partial charge in [-0.05, 0) is 31.5 Å². The van der Waals surface area contributed by atoms with Gasteiger partial charge >= 0.3 is 0 Å². The first kappa shape index (κ1) is 19.9. The summed E-state index contributed by atoms with van der Waals surface area (Å²) in [5, 5.41) is 8.93. The molecule has 1 aliphatic heterocycles. The van der Waals surface area contributed by atoms with E-state index < -0.39 is 0 Å². The summed E-state index contributed by atoms with van der Waals surface area (Å²) in [5.74, 6) is 2.48. The van der Waals surface area contributed by atoms with E-state index in [0.717, 1.165) is 74.5 Å². The van der Waals surface area contributed by atoms with Crippen LogP contribution in [0.1, 0.15) is 24.9 Å². The molecule has 0 saturated carbocycles. The molecule has 3 heterocycles. The van der Waals surface area contributed by atoms with Crippen molar-refractivity contribution in [1.82, 2.24) is 24.5 Å². The lowest BCUT2D eigenvalue weighted by Gasteiger charge is -2.36. The Kier molecular flexibility index (Phi) is 6.16. The smallest absolute Gasteiger partial charge is 0.254 e. The predicted molar refractivity (Wildman–Crippen MR) is 118 cm³/mol. The predicted octanol–water partition coefficient (Wildman–Crippen LogP) is 3.27. The first-order chi connectivity index (χ1) is 14.1. The fraction of sp³-hybridized carbons (Fsp3) is 0.476. The van der Waals surface area contributed by atoms with Gasteiger partial charge in [-0.2, -0.15) is 9.50 Å². The van der Waals surface area contributed by atoms with Crippen LogP contribution < -0.4 is 10.2 Å². The number of anilines is 2. The van der Waals surface area contributed by atoms with E-state index in [0.29, 0.717) is 5.78 Å². The molecule has 1 N–H and O–H groups in total. The number of nitrogens with one attached hydrogen (secondary N) is 1. The van der Waals surface area contributed by atoms with Crippen molar-refractivity contribution >= 4 is 28.9 Å². The first-order valence-electron chi connectivity index (χ1n) is 10.3. The lowest BCUT2D eigenvalue weighted by molar-refractivity contribution is 0.267. The maximum Gasteiger partial charge on any atom is 0.254 e. The Labute approximate surface area is 176 Å². The molecule has 0 spiro atoms. The fourth-order valence-corrected chi connectivity index (χ4v) is 3.91. The molecule has 7 nitrogen and oxygen atoms in total. The zero-order valence-electron chi connectivity index (χ0n) is 17.1. The molecule has 0 bridgehead atoms. The van der Waals surface area contributed by atoms with E-state index in [2.05, 4.69) is 43.2 Å². The van der Waals surface area contributed by atoms with Gasteiger partial charge in [-0.25, -0.2) is 4.98 Å². The van der Waals surface area contributed by atoms with Crippen molar-refractivity contribution in [2.75, 3.05) is 49.5 Å². The number of rotatable bonds is 7. The summed E-state index contributed by atoms with van der Waals surface area (Å²) >= 11 is 6.13. The van der Waals surface area contributed by atoms with E-state index in [1.165, 1.54) is 5.69 Å². The molecule has 0 aliphatic carbocycles. The average molecular weight is 414 g/mol. The molecule has 3 aromatic rings. The standard InChI is InChI=1S/C21H28ClN7/c1-3-5-19-25-21-24-16(2)14-20(29(21)26-19)23-8-9-27-10-12-28(13-11-27)18-7-4-6-17(22)15-18/h4,6-7,14-15,23H,3,5,8-13H2,1-2H3. The van der Waals surface area contributed by atoms with Gasteiger partial charge in [-0.15, -0.1) is 5.10 Å². The largest absolute Gasteiger partial charge is 0.369 e. The molecule has 1 aromatic carbocycles. The van der Waals surface area contributed by atoms with Crippen molar-refractivity contribution in [3.8, 4) is 0 Å². The van der Waals surface area contributed by atoms with Crippen molar-refractivity contribution in [2.45, 2.75) is 26.7 Å². The number of piperazine rings is 1. The highest BCUT2D eigenvalue weighted by Crippen LogP contribution is 2.20. The third-order valence-electron chi connectivity index (χ3n) is 5.24. The van der Waals surface area contributed by atoms with Crippen LogP contribution >= 0.6 is 11.6 Å². The zero-order valence-corrected chi connectivity index (χ0v) is 17.9. The van der Waals surface area contributed by atoms with Crippen molar-refractivity contribution < 1.29 is 0 Å². The number of aromatic nitrogens is 4. The Hall–Kier alpha value is -2.38. The highest BCUT2D eigenvalue weighted by atomic mass is 35.5. The molecule has 0 amide bonds. The molecule has 1 saturated heterocycles. The van der Waals surface area contributed by atoms with Crippen LogP contribution in [0.4, 0.5) is 11.5 Å². The van der Waals surface area contributed by atoms with Crippen LogP contribution in [0.2, 0.25) is 5.02 Å². The zero-order chi connectivity index (χ0) is 20.2. The second kappa shape index (κ2) is 8.97. The van der Waals surface area contributed by atoms with Gasteiger partial charge < -0.3 is 10.2 Å². The second-order valence-corrected chi connectivity index (χ2v) is 7.94. The number of hydrogen-bond donors (Lipinski definition) is 1. The third-order valence-corrected chi connectivity index (χ3v) is 5.47. The van der Waals surface area contributed by atoms with E-state index in [9.17, 15) is 0 Å². The van der Waals surface area contributed by atoms with Crippen molar-refractivity contribution in [3.63, 3.8) is 0 Å².